The minimum atomic E-state index is -1.31. The average Bonchev–Trinajstić information content (AvgIpc) is 2.41. The minimum Gasteiger partial charge on any atom is -0.465 e. The van der Waals surface area contributed by atoms with Crippen molar-refractivity contribution < 1.29 is 19.1 Å². The summed E-state index contributed by atoms with van der Waals surface area (Å²) in [4.78, 5) is 24.3. The summed E-state index contributed by atoms with van der Waals surface area (Å²) in [5.41, 5.74) is 0.668. The molecule has 0 saturated heterocycles. The molecule has 0 aliphatic rings. The van der Waals surface area contributed by atoms with Gasteiger partial charge in [-0.2, -0.15) is 0 Å². The lowest BCUT2D eigenvalue weighted by Crippen LogP contribution is -2.41. The van der Waals surface area contributed by atoms with Crippen LogP contribution in [0, 0.1) is 12.3 Å². The van der Waals surface area contributed by atoms with Crippen LogP contribution < -0.4 is 0 Å². The van der Waals surface area contributed by atoms with Crippen LogP contribution in [-0.2, 0) is 25.5 Å². The van der Waals surface area contributed by atoms with Gasteiger partial charge < -0.3 is 9.47 Å². The van der Waals surface area contributed by atoms with Crippen LogP contribution in [0.15, 0.2) is 24.3 Å². The molecule has 0 atom stereocenters. The molecule has 20 heavy (non-hydrogen) atoms. The van der Waals surface area contributed by atoms with Crippen LogP contribution >= 0.6 is 0 Å². The van der Waals surface area contributed by atoms with E-state index in [1.807, 2.05) is 31.2 Å². The lowest BCUT2D eigenvalue weighted by atomic mass is 9.82. The topological polar surface area (TPSA) is 52.6 Å². The molecule has 0 saturated carbocycles. The van der Waals surface area contributed by atoms with E-state index in [-0.39, 0.29) is 19.6 Å². The Labute approximate surface area is 120 Å². The van der Waals surface area contributed by atoms with Crippen LogP contribution in [0.5, 0.6) is 0 Å². The van der Waals surface area contributed by atoms with Crippen LogP contribution in [0.2, 0.25) is 0 Å². The lowest BCUT2D eigenvalue weighted by molar-refractivity contribution is -0.170. The molecule has 110 valence electrons. The third-order valence-corrected chi connectivity index (χ3v) is 3.26. The Morgan fingerprint density at radius 1 is 1.05 bits per heavy atom. The van der Waals surface area contributed by atoms with Gasteiger partial charge in [-0.3, -0.25) is 9.59 Å². The molecule has 4 nitrogen and oxygen atoms in total. The Hall–Kier alpha value is -1.84. The summed E-state index contributed by atoms with van der Waals surface area (Å²) in [7, 11) is 0. The first-order valence-corrected chi connectivity index (χ1v) is 6.84. The first kappa shape index (κ1) is 16.2. The Bertz CT molecular complexity index is 461. The maximum atomic E-state index is 12.2. The predicted octanol–water partition coefficient (Wildman–Crippen LogP) is 2.67. The quantitative estimate of drug-likeness (QED) is 0.593. The Balaban J connectivity index is 3.08. The van der Waals surface area contributed by atoms with E-state index >= 15 is 0 Å². The molecule has 0 unspecified atom stereocenters. The van der Waals surface area contributed by atoms with Gasteiger partial charge in [-0.25, -0.2) is 0 Å². The molecule has 4 heteroatoms. The maximum Gasteiger partial charge on any atom is 0.323 e. The fourth-order valence-corrected chi connectivity index (χ4v) is 2.00. The SMILES string of the molecule is CCOC(=O)C(C)(Cc1ccccc1C)C(=O)OCC. The van der Waals surface area contributed by atoms with Crippen molar-refractivity contribution in [1.29, 1.82) is 0 Å². The first-order chi connectivity index (χ1) is 9.45. The summed E-state index contributed by atoms with van der Waals surface area (Å²) in [5.74, 6) is -1.08. The van der Waals surface area contributed by atoms with Crippen molar-refractivity contribution in [1.82, 2.24) is 0 Å². The van der Waals surface area contributed by atoms with Gasteiger partial charge in [0.25, 0.3) is 0 Å². The van der Waals surface area contributed by atoms with Gasteiger partial charge in [0.1, 0.15) is 0 Å². The van der Waals surface area contributed by atoms with E-state index in [9.17, 15) is 9.59 Å². The number of ether oxygens (including phenoxy) is 2. The van der Waals surface area contributed by atoms with Crippen LogP contribution in [0.1, 0.15) is 31.9 Å². The van der Waals surface area contributed by atoms with Crippen molar-refractivity contribution in [2.45, 2.75) is 34.1 Å². The molecule has 0 spiro atoms. The smallest absolute Gasteiger partial charge is 0.323 e. The van der Waals surface area contributed by atoms with Gasteiger partial charge >= 0.3 is 11.9 Å². The second-order valence-corrected chi connectivity index (χ2v) is 4.88. The van der Waals surface area contributed by atoms with Gasteiger partial charge in [0.2, 0.25) is 0 Å². The molecule has 0 bridgehead atoms. The second kappa shape index (κ2) is 7.08. The number of carbonyl (C=O) groups excluding carboxylic acids is 2. The summed E-state index contributed by atoms with van der Waals surface area (Å²) in [5, 5.41) is 0. The standard InChI is InChI=1S/C16H22O4/c1-5-19-14(17)16(4,15(18)20-6-2)11-13-10-8-7-9-12(13)3/h7-10H,5-6,11H2,1-4H3. The number of hydrogen-bond acceptors (Lipinski definition) is 4. The van der Waals surface area contributed by atoms with E-state index in [4.69, 9.17) is 9.47 Å². The summed E-state index contributed by atoms with van der Waals surface area (Å²) < 4.78 is 10.1. The molecule has 0 radical (unpaired) electrons. The maximum absolute atomic E-state index is 12.2. The highest BCUT2D eigenvalue weighted by Crippen LogP contribution is 2.28. The molecule has 0 aliphatic carbocycles. The van der Waals surface area contributed by atoms with Crippen molar-refractivity contribution in [3.05, 3.63) is 35.4 Å². The number of rotatable bonds is 6. The number of aryl methyl sites for hydroxylation is 1. The van der Waals surface area contributed by atoms with Crippen molar-refractivity contribution in [3.8, 4) is 0 Å². The van der Waals surface area contributed by atoms with Crippen LogP contribution in [0.3, 0.4) is 0 Å². The summed E-state index contributed by atoms with van der Waals surface area (Å²) >= 11 is 0. The van der Waals surface area contributed by atoms with E-state index in [1.54, 1.807) is 20.8 Å². The second-order valence-electron chi connectivity index (χ2n) is 4.88. The van der Waals surface area contributed by atoms with E-state index in [0.29, 0.717) is 0 Å². The molecular formula is C16H22O4. The Morgan fingerprint density at radius 3 is 2.00 bits per heavy atom. The number of carbonyl (C=O) groups is 2. The van der Waals surface area contributed by atoms with Gasteiger partial charge in [0.05, 0.1) is 13.2 Å². The molecule has 0 fully saturated rings. The molecule has 1 aromatic rings. The molecular weight excluding hydrogens is 256 g/mol. The summed E-state index contributed by atoms with van der Waals surface area (Å²) in [6.07, 6.45) is 0.275. The molecule has 0 N–H and O–H groups in total. The fraction of sp³-hybridized carbons (Fsp3) is 0.500. The monoisotopic (exact) mass is 278 g/mol. The summed E-state index contributed by atoms with van der Waals surface area (Å²) in [6, 6.07) is 7.67. The van der Waals surface area contributed by atoms with E-state index < -0.39 is 17.4 Å². The Kier molecular flexibility index (Phi) is 5.74. The molecule has 0 aromatic heterocycles. The van der Waals surface area contributed by atoms with Crippen molar-refractivity contribution in [2.24, 2.45) is 5.41 Å². The van der Waals surface area contributed by atoms with Gasteiger partial charge in [0, 0.05) is 0 Å². The van der Waals surface area contributed by atoms with Gasteiger partial charge in [-0.15, -0.1) is 0 Å². The minimum absolute atomic E-state index is 0.238. The normalized spacial score (nSPS) is 11.0. The fourth-order valence-electron chi connectivity index (χ4n) is 2.00. The van der Waals surface area contributed by atoms with Crippen LogP contribution in [0.4, 0.5) is 0 Å². The van der Waals surface area contributed by atoms with Gasteiger partial charge in [-0.05, 0) is 45.2 Å². The van der Waals surface area contributed by atoms with Crippen molar-refractivity contribution in [3.63, 3.8) is 0 Å². The van der Waals surface area contributed by atoms with E-state index in [1.165, 1.54) is 0 Å². The molecule has 0 amide bonds. The predicted molar refractivity (Wildman–Crippen MR) is 76.3 cm³/mol. The highest BCUT2D eigenvalue weighted by Gasteiger charge is 2.44. The third-order valence-electron chi connectivity index (χ3n) is 3.26. The molecule has 1 rings (SSSR count). The van der Waals surface area contributed by atoms with E-state index in [0.717, 1.165) is 11.1 Å². The number of esters is 2. The highest BCUT2D eigenvalue weighted by molar-refractivity contribution is 6.00. The van der Waals surface area contributed by atoms with Gasteiger partial charge in [-0.1, -0.05) is 24.3 Å². The zero-order chi connectivity index (χ0) is 15.2. The van der Waals surface area contributed by atoms with Gasteiger partial charge in [0.15, 0.2) is 5.41 Å². The zero-order valence-electron chi connectivity index (χ0n) is 12.6. The first-order valence-electron chi connectivity index (χ1n) is 6.84. The van der Waals surface area contributed by atoms with Crippen molar-refractivity contribution in [2.75, 3.05) is 13.2 Å². The largest absolute Gasteiger partial charge is 0.465 e. The molecule has 0 heterocycles. The highest BCUT2D eigenvalue weighted by atomic mass is 16.6. The van der Waals surface area contributed by atoms with Crippen LogP contribution in [-0.4, -0.2) is 25.2 Å². The Morgan fingerprint density at radius 2 is 1.55 bits per heavy atom. The molecule has 0 aliphatic heterocycles. The zero-order valence-corrected chi connectivity index (χ0v) is 12.6. The molecule has 1 aromatic carbocycles. The van der Waals surface area contributed by atoms with Crippen molar-refractivity contribution >= 4 is 11.9 Å². The third kappa shape index (κ3) is 3.59. The number of hydrogen-bond donors (Lipinski definition) is 0. The lowest BCUT2D eigenvalue weighted by Gasteiger charge is -2.25. The van der Waals surface area contributed by atoms with E-state index in [2.05, 4.69) is 0 Å². The number of benzene rings is 1. The summed E-state index contributed by atoms with van der Waals surface area (Å²) in [6.45, 7) is 7.44. The average molecular weight is 278 g/mol. The van der Waals surface area contributed by atoms with Crippen LogP contribution in [0.25, 0.3) is 0 Å².